The number of nitrogens with zero attached hydrogens (tertiary/aromatic N) is 2. The Bertz CT molecular complexity index is 726. The molecule has 1 N–H and O–H groups in total. The third-order valence-electron chi connectivity index (χ3n) is 4.85. The summed E-state index contributed by atoms with van der Waals surface area (Å²) >= 11 is 1.66. The van der Waals surface area contributed by atoms with E-state index in [1.54, 1.807) is 21.6 Å². The lowest BCUT2D eigenvalue weighted by atomic mass is 10.0. The fourth-order valence-corrected chi connectivity index (χ4v) is 4.68. The Morgan fingerprint density at radius 2 is 2.11 bits per heavy atom. The molecule has 27 heavy (non-hydrogen) atoms. The maximum atomic E-state index is 13.0. The molecule has 2 amide bonds. The van der Waals surface area contributed by atoms with Crippen LogP contribution in [-0.2, 0) is 14.4 Å². The largest absolute Gasteiger partial charge is 0.492 e. The molecule has 2 heterocycles. The van der Waals surface area contributed by atoms with E-state index in [9.17, 15) is 14.4 Å². The van der Waals surface area contributed by atoms with E-state index in [2.05, 4.69) is 0 Å². The van der Waals surface area contributed by atoms with Crippen LogP contribution < -0.4 is 9.64 Å². The molecule has 0 aliphatic carbocycles. The minimum Gasteiger partial charge on any atom is -0.492 e. The van der Waals surface area contributed by atoms with E-state index < -0.39 is 11.9 Å². The zero-order valence-electron chi connectivity index (χ0n) is 15.3. The normalized spacial score (nSPS) is 22.8. The number of thioether (sulfide) groups is 1. The van der Waals surface area contributed by atoms with Crippen LogP contribution in [0.2, 0.25) is 0 Å². The number of benzene rings is 1. The van der Waals surface area contributed by atoms with Gasteiger partial charge in [-0.3, -0.25) is 14.4 Å². The van der Waals surface area contributed by atoms with Crippen molar-refractivity contribution in [2.75, 3.05) is 36.1 Å². The van der Waals surface area contributed by atoms with Crippen LogP contribution >= 0.6 is 11.8 Å². The van der Waals surface area contributed by atoms with E-state index in [1.807, 2.05) is 31.2 Å². The average molecular weight is 392 g/mol. The Morgan fingerprint density at radius 3 is 2.85 bits per heavy atom. The van der Waals surface area contributed by atoms with E-state index in [0.29, 0.717) is 36.9 Å². The standard InChI is InChI=1S/C19H24N2O5S/c1-2-26-16-6-4-3-5-15(16)21-11-13(9-17(21)22)19(25)20-7-8-27-12-14(20)10-18(23)24/h3-6,13-14H,2,7-12H2,1H3,(H,23,24). The third-order valence-corrected chi connectivity index (χ3v) is 5.94. The van der Waals surface area contributed by atoms with E-state index in [1.165, 1.54) is 0 Å². The lowest BCUT2D eigenvalue weighted by Gasteiger charge is -2.36. The molecule has 2 saturated heterocycles. The van der Waals surface area contributed by atoms with E-state index >= 15 is 0 Å². The maximum Gasteiger partial charge on any atom is 0.305 e. The van der Waals surface area contributed by atoms with Crippen molar-refractivity contribution in [1.82, 2.24) is 4.90 Å². The Kier molecular flexibility index (Phi) is 6.26. The molecule has 3 rings (SSSR count). The highest BCUT2D eigenvalue weighted by Crippen LogP contribution is 2.34. The van der Waals surface area contributed by atoms with Crippen molar-refractivity contribution in [3.8, 4) is 5.75 Å². The van der Waals surface area contributed by atoms with Gasteiger partial charge in [0.15, 0.2) is 0 Å². The van der Waals surface area contributed by atoms with Gasteiger partial charge in [-0.15, -0.1) is 0 Å². The minimum absolute atomic E-state index is 0.0592. The Labute approximate surface area is 162 Å². The van der Waals surface area contributed by atoms with Gasteiger partial charge < -0.3 is 19.6 Å². The fraction of sp³-hybridized carbons (Fsp3) is 0.526. The number of ether oxygens (including phenoxy) is 1. The summed E-state index contributed by atoms with van der Waals surface area (Å²) in [7, 11) is 0. The quantitative estimate of drug-likeness (QED) is 0.795. The summed E-state index contributed by atoms with van der Waals surface area (Å²) in [6.07, 6.45) is 0.0824. The lowest BCUT2D eigenvalue weighted by Crippen LogP contribution is -2.49. The number of anilines is 1. The van der Waals surface area contributed by atoms with Gasteiger partial charge in [-0.2, -0.15) is 11.8 Å². The summed E-state index contributed by atoms with van der Waals surface area (Å²) in [4.78, 5) is 40.0. The van der Waals surface area contributed by atoms with Gasteiger partial charge in [0.1, 0.15) is 5.75 Å². The zero-order valence-corrected chi connectivity index (χ0v) is 16.1. The van der Waals surface area contributed by atoms with Crippen LogP contribution in [0.1, 0.15) is 19.8 Å². The van der Waals surface area contributed by atoms with Crippen LogP contribution in [0.15, 0.2) is 24.3 Å². The van der Waals surface area contributed by atoms with Crippen LogP contribution in [-0.4, -0.2) is 65.0 Å². The fourth-order valence-electron chi connectivity index (χ4n) is 3.61. The topological polar surface area (TPSA) is 87.2 Å². The molecule has 2 unspecified atom stereocenters. The van der Waals surface area contributed by atoms with Crippen molar-refractivity contribution in [3.05, 3.63) is 24.3 Å². The van der Waals surface area contributed by atoms with Gasteiger partial charge in [-0.05, 0) is 19.1 Å². The molecule has 7 nitrogen and oxygen atoms in total. The average Bonchev–Trinajstić information content (AvgIpc) is 3.03. The first-order valence-corrected chi connectivity index (χ1v) is 10.3. The van der Waals surface area contributed by atoms with Gasteiger partial charge >= 0.3 is 5.97 Å². The number of hydrogen-bond acceptors (Lipinski definition) is 5. The summed E-state index contributed by atoms with van der Waals surface area (Å²) in [5.41, 5.74) is 0.677. The van der Waals surface area contributed by atoms with Crippen LogP contribution in [0.4, 0.5) is 5.69 Å². The van der Waals surface area contributed by atoms with Crippen molar-refractivity contribution < 1.29 is 24.2 Å². The number of carboxylic acids is 1. The van der Waals surface area contributed by atoms with Crippen LogP contribution in [0, 0.1) is 5.92 Å². The maximum absolute atomic E-state index is 13.0. The van der Waals surface area contributed by atoms with Crippen molar-refractivity contribution >= 4 is 35.2 Å². The van der Waals surface area contributed by atoms with Gasteiger partial charge in [-0.1, -0.05) is 12.1 Å². The lowest BCUT2D eigenvalue weighted by molar-refractivity contribution is -0.142. The summed E-state index contributed by atoms with van der Waals surface area (Å²) in [5.74, 6) is 0.448. The number of hydrogen-bond donors (Lipinski definition) is 1. The van der Waals surface area contributed by atoms with Gasteiger partial charge in [-0.25, -0.2) is 0 Å². The van der Waals surface area contributed by atoms with E-state index in [0.717, 1.165) is 5.75 Å². The Hall–Kier alpha value is -2.22. The van der Waals surface area contributed by atoms with Gasteiger partial charge in [0.2, 0.25) is 11.8 Å². The second-order valence-corrected chi connectivity index (χ2v) is 7.81. The highest BCUT2D eigenvalue weighted by molar-refractivity contribution is 7.99. The first-order chi connectivity index (χ1) is 13.0. The number of carboxylic acid groups (broad SMARTS) is 1. The molecule has 2 fully saturated rings. The van der Waals surface area contributed by atoms with Crippen LogP contribution in [0.25, 0.3) is 0 Å². The number of amides is 2. The molecule has 0 radical (unpaired) electrons. The van der Waals surface area contributed by atoms with Crippen molar-refractivity contribution in [2.45, 2.75) is 25.8 Å². The van der Waals surface area contributed by atoms with Crippen LogP contribution in [0.3, 0.4) is 0 Å². The second-order valence-electron chi connectivity index (χ2n) is 6.66. The molecule has 1 aromatic carbocycles. The van der Waals surface area contributed by atoms with Gasteiger partial charge in [0.25, 0.3) is 0 Å². The number of aliphatic carboxylic acids is 1. The monoisotopic (exact) mass is 392 g/mol. The molecule has 146 valence electrons. The first-order valence-electron chi connectivity index (χ1n) is 9.13. The molecule has 2 atom stereocenters. The van der Waals surface area contributed by atoms with E-state index in [-0.39, 0.29) is 30.7 Å². The van der Waals surface area contributed by atoms with Crippen LogP contribution in [0.5, 0.6) is 5.75 Å². The molecule has 0 spiro atoms. The molecule has 0 bridgehead atoms. The molecular formula is C19H24N2O5S. The number of para-hydroxylation sites is 2. The third kappa shape index (κ3) is 4.37. The molecule has 1 aromatic rings. The summed E-state index contributed by atoms with van der Waals surface area (Å²) in [5, 5.41) is 9.12. The number of carbonyl (C=O) groups excluding carboxylic acids is 2. The molecule has 2 aliphatic rings. The molecular weight excluding hydrogens is 368 g/mol. The molecule has 2 aliphatic heterocycles. The Balaban J connectivity index is 1.74. The van der Waals surface area contributed by atoms with Crippen molar-refractivity contribution in [3.63, 3.8) is 0 Å². The highest BCUT2D eigenvalue weighted by Gasteiger charge is 2.40. The van der Waals surface area contributed by atoms with Gasteiger partial charge in [0, 0.05) is 31.0 Å². The summed E-state index contributed by atoms with van der Waals surface area (Å²) < 4.78 is 5.61. The highest BCUT2D eigenvalue weighted by atomic mass is 32.2. The SMILES string of the molecule is CCOc1ccccc1N1CC(C(=O)N2CCSCC2CC(=O)O)CC1=O. The number of carbonyl (C=O) groups is 3. The van der Waals surface area contributed by atoms with E-state index in [4.69, 9.17) is 9.84 Å². The minimum atomic E-state index is -0.907. The second kappa shape index (κ2) is 8.65. The summed E-state index contributed by atoms with van der Waals surface area (Å²) in [6.45, 7) is 3.20. The van der Waals surface area contributed by atoms with Gasteiger partial charge in [0.05, 0.1) is 30.7 Å². The smallest absolute Gasteiger partial charge is 0.305 e. The predicted molar refractivity (Wildman–Crippen MR) is 103 cm³/mol. The zero-order chi connectivity index (χ0) is 19.4. The predicted octanol–water partition coefficient (Wildman–Crippen LogP) is 1.86. The molecule has 8 heteroatoms. The first kappa shape index (κ1) is 19.5. The van der Waals surface area contributed by atoms with Crippen molar-refractivity contribution in [2.24, 2.45) is 5.92 Å². The molecule has 0 aromatic heterocycles. The summed E-state index contributed by atoms with van der Waals surface area (Å²) in [6, 6.07) is 7.01. The Morgan fingerprint density at radius 1 is 1.33 bits per heavy atom. The number of rotatable bonds is 6. The van der Waals surface area contributed by atoms with Crippen molar-refractivity contribution in [1.29, 1.82) is 0 Å². The molecule has 0 saturated carbocycles.